The van der Waals surface area contributed by atoms with Crippen molar-refractivity contribution >= 4 is 0 Å². The van der Waals surface area contributed by atoms with Gasteiger partial charge in [0.2, 0.25) is 0 Å². The maximum atomic E-state index is 6.54. The van der Waals surface area contributed by atoms with Crippen LogP contribution in [0.5, 0.6) is 0 Å². The number of hydrogen-bond acceptors (Lipinski definition) is 5. The Balaban J connectivity index is 1.36. The molecule has 4 heterocycles. The van der Waals surface area contributed by atoms with Gasteiger partial charge in [0, 0.05) is 19.6 Å². The molecule has 5 nitrogen and oxygen atoms in total. The highest BCUT2D eigenvalue weighted by Gasteiger charge is 2.43. The molecule has 4 rings (SSSR count). The van der Waals surface area contributed by atoms with Gasteiger partial charge in [0.05, 0.1) is 32.1 Å². The number of rotatable bonds is 4. The van der Waals surface area contributed by atoms with Crippen LogP contribution < -0.4 is 0 Å². The minimum atomic E-state index is -0.118. The van der Waals surface area contributed by atoms with Crippen LogP contribution in [0, 0.1) is 0 Å². The second-order valence-electron chi connectivity index (χ2n) is 7.31. The van der Waals surface area contributed by atoms with Gasteiger partial charge >= 0.3 is 0 Å². The molecule has 3 fully saturated rings. The van der Waals surface area contributed by atoms with E-state index in [1.807, 2.05) is 12.1 Å². The van der Waals surface area contributed by atoms with E-state index in [1.165, 1.54) is 25.9 Å². The summed E-state index contributed by atoms with van der Waals surface area (Å²) in [6.45, 7) is 7.84. The predicted molar refractivity (Wildman–Crippen MR) is 87.3 cm³/mol. The Morgan fingerprint density at radius 2 is 2.09 bits per heavy atom. The predicted octanol–water partition coefficient (Wildman–Crippen LogP) is 2.13. The van der Waals surface area contributed by atoms with Gasteiger partial charge in [-0.25, -0.2) is 0 Å². The van der Waals surface area contributed by atoms with Gasteiger partial charge < -0.3 is 18.8 Å². The van der Waals surface area contributed by atoms with Crippen LogP contribution in [-0.2, 0) is 16.0 Å². The van der Waals surface area contributed by atoms with E-state index < -0.39 is 0 Å². The Bertz CT molecular complexity index is 486. The van der Waals surface area contributed by atoms with Crippen LogP contribution in [0.2, 0.25) is 0 Å². The Hall–Kier alpha value is -0.880. The van der Waals surface area contributed by atoms with E-state index in [0.29, 0.717) is 6.10 Å². The van der Waals surface area contributed by atoms with E-state index in [9.17, 15) is 0 Å². The molecule has 3 saturated heterocycles. The summed E-state index contributed by atoms with van der Waals surface area (Å²) in [5.41, 5.74) is -0.118. The molecule has 128 valence electrons. The topological polar surface area (TPSA) is 38.1 Å². The normalized spacial score (nSPS) is 33.5. The molecule has 0 saturated carbocycles. The lowest BCUT2D eigenvalue weighted by Gasteiger charge is -2.32. The highest BCUT2D eigenvalue weighted by Crippen LogP contribution is 2.34. The number of ether oxygens (including phenoxy) is 2. The molecule has 3 aliphatic heterocycles. The minimum Gasteiger partial charge on any atom is -0.468 e. The fraction of sp³-hybridized carbons (Fsp3) is 0.778. The summed E-state index contributed by atoms with van der Waals surface area (Å²) >= 11 is 0. The maximum Gasteiger partial charge on any atom is 0.117 e. The highest BCUT2D eigenvalue weighted by molar-refractivity contribution is 5.00. The van der Waals surface area contributed by atoms with Crippen molar-refractivity contribution in [2.24, 2.45) is 0 Å². The van der Waals surface area contributed by atoms with Crippen molar-refractivity contribution in [1.82, 2.24) is 9.80 Å². The summed E-state index contributed by atoms with van der Waals surface area (Å²) in [6.07, 6.45) is 7.09. The Morgan fingerprint density at radius 3 is 2.91 bits per heavy atom. The lowest BCUT2D eigenvalue weighted by molar-refractivity contribution is -0.0916. The van der Waals surface area contributed by atoms with Crippen molar-refractivity contribution in [3.8, 4) is 0 Å². The quantitative estimate of drug-likeness (QED) is 0.850. The lowest BCUT2D eigenvalue weighted by atomic mass is 10.00. The zero-order valence-corrected chi connectivity index (χ0v) is 13.9. The molecular weight excluding hydrogens is 292 g/mol. The van der Waals surface area contributed by atoms with Crippen molar-refractivity contribution in [2.45, 2.75) is 43.9 Å². The fourth-order valence-corrected chi connectivity index (χ4v) is 4.24. The molecule has 1 spiro atoms. The molecule has 2 atom stereocenters. The minimum absolute atomic E-state index is 0.118. The molecule has 0 amide bonds. The van der Waals surface area contributed by atoms with E-state index in [-0.39, 0.29) is 5.60 Å². The smallest absolute Gasteiger partial charge is 0.117 e. The second kappa shape index (κ2) is 6.93. The Labute approximate surface area is 138 Å². The van der Waals surface area contributed by atoms with Crippen molar-refractivity contribution in [3.63, 3.8) is 0 Å². The summed E-state index contributed by atoms with van der Waals surface area (Å²) < 4.78 is 17.9. The van der Waals surface area contributed by atoms with Gasteiger partial charge in [-0.15, -0.1) is 0 Å². The van der Waals surface area contributed by atoms with Crippen LogP contribution in [0.4, 0.5) is 0 Å². The van der Waals surface area contributed by atoms with Crippen molar-refractivity contribution in [2.75, 3.05) is 45.9 Å². The van der Waals surface area contributed by atoms with Gasteiger partial charge in [0.25, 0.3) is 0 Å². The molecular formula is C18H28N2O3. The zero-order valence-electron chi connectivity index (χ0n) is 13.9. The molecule has 1 aromatic rings. The average Bonchev–Trinajstić information content (AvgIpc) is 3.25. The van der Waals surface area contributed by atoms with Crippen LogP contribution in [0.25, 0.3) is 0 Å². The molecule has 0 unspecified atom stereocenters. The summed E-state index contributed by atoms with van der Waals surface area (Å²) in [7, 11) is 0. The van der Waals surface area contributed by atoms with Crippen LogP contribution in [0.3, 0.4) is 0 Å². The first-order chi connectivity index (χ1) is 11.3. The van der Waals surface area contributed by atoms with Gasteiger partial charge in [0.1, 0.15) is 11.4 Å². The van der Waals surface area contributed by atoms with Crippen molar-refractivity contribution in [1.29, 1.82) is 0 Å². The standard InChI is InChI=1S/C18H28N2O3/c1-2-8-19(7-1)13-17-5-6-18(23-17)14-20(9-11-21-15-18)12-16-4-3-10-22-16/h3-4,10,17H,1-2,5-9,11-15H2/t17-,18-/m1/s1. The molecule has 1 aromatic heterocycles. The summed E-state index contributed by atoms with van der Waals surface area (Å²) in [5.74, 6) is 1.02. The molecule has 3 aliphatic rings. The first-order valence-electron chi connectivity index (χ1n) is 9.04. The SMILES string of the molecule is c1coc(CN2CCOC[C@@]3(CC[C@H](CN4CCCC4)O3)C2)c1. The summed E-state index contributed by atoms with van der Waals surface area (Å²) in [5, 5.41) is 0. The molecule has 0 radical (unpaired) electrons. The van der Waals surface area contributed by atoms with Crippen LogP contribution in [0.15, 0.2) is 22.8 Å². The average molecular weight is 320 g/mol. The third-order valence-electron chi connectivity index (χ3n) is 5.39. The molecule has 5 heteroatoms. The van der Waals surface area contributed by atoms with Gasteiger partial charge in [-0.2, -0.15) is 0 Å². The lowest BCUT2D eigenvalue weighted by Crippen LogP contribution is -2.45. The van der Waals surface area contributed by atoms with Gasteiger partial charge in [-0.1, -0.05) is 0 Å². The summed E-state index contributed by atoms with van der Waals surface area (Å²) in [4.78, 5) is 4.98. The largest absolute Gasteiger partial charge is 0.468 e. The third-order valence-corrected chi connectivity index (χ3v) is 5.39. The first kappa shape index (κ1) is 15.6. The third kappa shape index (κ3) is 3.79. The fourth-order valence-electron chi connectivity index (χ4n) is 4.24. The molecule has 23 heavy (non-hydrogen) atoms. The van der Waals surface area contributed by atoms with E-state index in [0.717, 1.165) is 58.0 Å². The number of hydrogen-bond donors (Lipinski definition) is 0. The van der Waals surface area contributed by atoms with E-state index >= 15 is 0 Å². The second-order valence-corrected chi connectivity index (χ2v) is 7.31. The van der Waals surface area contributed by atoms with Crippen molar-refractivity contribution in [3.05, 3.63) is 24.2 Å². The Kier molecular flexibility index (Phi) is 4.71. The van der Waals surface area contributed by atoms with E-state index in [1.54, 1.807) is 6.26 Å². The molecule has 0 aromatic carbocycles. The number of furan rings is 1. The zero-order chi connectivity index (χ0) is 15.5. The molecule has 0 bridgehead atoms. The van der Waals surface area contributed by atoms with Crippen LogP contribution in [-0.4, -0.2) is 67.4 Å². The van der Waals surface area contributed by atoms with Crippen molar-refractivity contribution < 1.29 is 13.9 Å². The molecule has 0 aliphatic carbocycles. The first-order valence-corrected chi connectivity index (χ1v) is 9.04. The number of nitrogens with zero attached hydrogens (tertiary/aromatic N) is 2. The monoisotopic (exact) mass is 320 g/mol. The van der Waals surface area contributed by atoms with Gasteiger partial charge in [-0.05, 0) is 50.9 Å². The maximum absolute atomic E-state index is 6.54. The summed E-state index contributed by atoms with van der Waals surface area (Å²) in [6, 6.07) is 4.00. The Morgan fingerprint density at radius 1 is 1.17 bits per heavy atom. The van der Waals surface area contributed by atoms with Crippen LogP contribution in [0.1, 0.15) is 31.4 Å². The van der Waals surface area contributed by atoms with Gasteiger partial charge in [0.15, 0.2) is 0 Å². The number of likely N-dealkylation sites (tertiary alicyclic amines) is 1. The van der Waals surface area contributed by atoms with E-state index in [4.69, 9.17) is 13.9 Å². The van der Waals surface area contributed by atoms with Crippen LogP contribution >= 0.6 is 0 Å². The highest BCUT2D eigenvalue weighted by atomic mass is 16.6. The molecule has 0 N–H and O–H groups in total. The van der Waals surface area contributed by atoms with E-state index in [2.05, 4.69) is 9.80 Å². The van der Waals surface area contributed by atoms with Gasteiger partial charge in [-0.3, -0.25) is 4.90 Å².